The highest BCUT2D eigenvalue weighted by Crippen LogP contribution is 2.16. The summed E-state index contributed by atoms with van der Waals surface area (Å²) in [6.45, 7) is 4.34. The van der Waals surface area contributed by atoms with E-state index in [1.165, 1.54) is 180 Å². The lowest BCUT2D eigenvalue weighted by molar-refractivity contribution is -0.123. The average molecular weight is 624 g/mol. The van der Waals surface area contributed by atoms with Gasteiger partial charge in [0.25, 0.3) is 0 Å². The Morgan fingerprint density at radius 3 is 1.02 bits per heavy atom. The second-order valence-corrected chi connectivity index (χ2v) is 14.1. The third-order valence-electron chi connectivity index (χ3n) is 9.62. The van der Waals surface area contributed by atoms with Crippen LogP contribution in [0.5, 0.6) is 0 Å². The number of nitrogens with one attached hydrogen (secondary N) is 1. The monoisotopic (exact) mass is 624 g/mol. The fraction of sp³-hybridized carbons (Fsp3) is 0.975. The van der Waals surface area contributed by atoms with Crippen LogP contribution in [0.25, 0.3) is 0 Å². The molecule has 44 heavy (non-hydrogen) atoms. The molecule has 0 aromatic rings. The fourth-order valence-electron chi connectivity index (χ4n) is 6.48. The van der Waals surface area contributed by atoms with Crippen LogP contribution in [0.3, 0.4) is 0 Å². The summed E-state index contributed by atoms with van der Waals surface area (Å²) >= 11 is 0. The molecular weight excluding hydrogens is 542 g/mol. The summed E-state index contributed by atoms with van der Waals surface area (Å²) in [6, 6.07) is -0.526. The first-order valence-electron chi connectivity index (χ1n) is 20.2. The zero-order valence-corrected chi connectivity index (χ0v) is 30.2. The van der Waals surface area contributed by atoms with Crippen molar-refractivity contribution in [1.82, 2.24) is 5.32 Å². The maximum atomic E-state index is 12.3. The Labute approximate surface area is 276 Å². The summed E-state index contributed by atoms with van der Waals surface area (Å²) in [5.41, 5.74) is 0. The number of carbonyl (C=O) groups excluding carboxylic acids is 1. The number of amides is 1. The van der Waals surface area contributed by atoms with E-state index in [1.54, 1.807) is 0 Å². The highest BCUT2D eigenvalue weighted by Gasteiger charge is 2.19. The number of rotatable bonds is 37. The Balaban J connectivity index is 3.39. The Bertz CT molecular complexity index is 555. The van der Waals surface area contributed by atoms with Crippen LogP contribution < -0.4 is 5.32 Å². The van der Waals surface area contributed by atoms with Gasteiger partial charge in [0, 0.05) is 6.42 Å². The smallest absolute Gasteiger partial charge is 0.220 e. The number of hydrogen-bond acceptors (Lipinski definition) is 3. The zero-order chi connectivity index (χ0) is 32.2. The second kappa shape index (κ2) is 36.9. The standard InChI is InChI=1S/C40H81NO3/c1-3-5-7-9-11-13-14-15-16-17-18-19-20-21-22-23-24-25-26-27-28-30-32-34-36-40(44)41-38(37-42)39(43)35-33-31-29-12-10-8-6-4-2/h38-39,42-43H,3-37H2,1-2H3,(H,41,44). The summed E-state index contributed by atoms with van der Waals surface area (Å²) in [5.74, 6) is -0.0298. The molecule has 0 aromatic carbocycles. The van der Waals surface area contributed by atoms with E-state index >= 15 is 0 Å². The minimum Gasteiger partial charge on any atom is -0.394 e. The van der Waals surface area contributed by atoms with Crippen molar-refractivity contribution in [2.75, 3.05) is 6.61 Å². The molecule has 0 fully saturated rings. The molecule has 0 aliphatic heterocycles. The Morgan fingerprint density at radius 1 is 0.455 bits per heavy atom. The SMILES string of the molecule is CCCCCCCCCCCCCCCCCCCCCCCCCCC(=O)NC(CO)C(O)CCCCCCCCCC. The van der Waals surface area contributed by atoms with E-state index in [1.807, 2.05) is 0 Å². The van der Waals surface area contributed by atoms with Crippen LogP contribution in [0, 0.1) is 0 Å². The Kier molecular flexibility index (Phi) is 36.3. The van der Waals surface area contributed by atoms with Gasteiger partial charge >= 0.3 is 0 Å². The zero-order valence-electron chi connectivity index (χ0n) is 30.2. The van der Waals surface area contributed by atoms with Gasteiger partial charge in [-0.3, -0.25) is 4.79 Å². The first kappa shape index (κ1) is 43.4. The molecule has 2 atom stereocenters. The molecule has 4 heteroatoms. The van der Waals surface area contributed by atoms with Crippen LogP contribution in [0.15, 0.2) is 0 Å². The molecule has 1 amide bonds. The van der Waals surface area contributed by atoms with Crippen molar-refractivity contribution in [2.24, 2.45) is 0 Å². The van der Waals surface area contributed by atoms with E-state index in [0.717, 1.165) is 25.7 Å². The molecule has 0 saturated heterocycles. The molecule has 0 heterocycles. The predicted molar refractivity (Wildman–Crippen MR) is 193 cm³/mol. The van der Waals surface area contributed by atoms with Crippen molar-refractivity contribution in [3.63, 3.8) is 0 Å². The van der Waals surface area contributed by atoms with Gasteiger partial charge in [-0.15, -0.1) is 0 Å². The first-order valence-corrected chi connectivity index (χ1v) is 20.2. The fourth-order valence-corrected chi connectivity index (χ4v) is 6.48. The van der Waals surface area contributed by atoms with Crippen molar-refractivity contribution in [2.45, 2.75) is 244 Å². The van der Waals surface area contributed by atoms with Gasteiger partial charge in [-0.2, -0.15) is 0 Å². The maximum absolute atomic E-state index is 12.3. The van der Waals surface area contributed by atoms with Crippen molar-refractivity contribution in [3.05, 3.63) is 0 Å². The summed E-state index contributed by atoms with van der Waals surface area (Å²) in [6.07, 6.45) is 43.3. The number of aliphatic hydroxyl groups is 2. The predicted octanol–water partition coefficient (Wildman–Crippen LogP) is 12.1. The van der Waals surface area contributed by atoms with Gasteiger partial charge in [-0.05, 0) is 12.8 Å². The first-order chi connectivity index (χ1) is 21.7. The molecule has 0 aromatic heterocycles. The van der Waals surface area contributed by atoms with Gasteiger partial charge in [0.05, 0.1) is 18.8 Å². The largest absolute Gasteiger partial charge is 0.394 e. The van der Waals surface area contributed by atoms with Crippen LogP contribution in [-0.4, -0.2) is 34.9 Å². The third-order valence-corrected chi connectivity index (χ3v) is 9.62. The van der Waals surface area contributed by atoms with E-state index in [4.69, 9.17) is 0 Å². The molecule has 0 spiro atoms. The summed E-state index contributed by atoms with van der Waals surface area (Å²) in [5, 5.41) is 22.9. The quantitative estimate of drug-likeness (QED) is 0.0603. The molecule has 0 saturated carbocycles. The van der Waals surface area contributed by atoms with Gasteiger partial charge in [0.1, 0.15) is 0 Å². The lowest BCUT2D eigenvalue weighted by Crippen LogP contribution is -2.45. The molecule has 0 radical (unpaired) electrons. The minimum atomic E-state index is -0.650. The third kappa shape index (κ3) is 32.8. The van der Waals surface area contributed by atoms with Crippen LogP contribution in [-0.2, 0) is 4.79 Å². The second-order valence-electron chi connectivity index (χ2n) is 14.1. The van der Waals surface area contributed by atoms with E-state index in [2.05, 4.69) is 19.2 Å². The average Bonchev–Trinajstić information content (AvgIpc) is 3.03. The molecule has 0 aliphatic carbocycles. The van der Waals surface area contributed by atoms with Crippen LogP contribution in [0.2, 0.25) is 0 Å². The minimum absolute atomic E-state index is 0.0298. The van der Waals surface area contributed by atoms with Crippen LogP contribution in [0.1, 0.15) is 232 Å². The topological polar surface area (TPSA) is 69.6 Å². The van der Waals surface area contributed by atoms with E-state index < -0.39 is 12.1 Å². The lowest BCUT2D eigenvalue weighted by atomic mass is 10.0. The Hall–Kier alpha value is -0.610. The summed E-state index contributed by atoms with van der Waals surface area (Å²) in [4.78, 5) is 12.3. The van der Waals surface area contributed by atoms with Gasteiger partial charge in [-0.1, -0.05) is 213 Å². The van der Waals surface area contributed by atoms with E-state index in [9.17, 15) is 15.0 Å². The number of unbranched alkanes of at least 4 members (excludes halogenated alkanes) is 30. The maximum Gasteiger partial charge on any atom is 0.220 e. The molecule has 3 N–H and O–H groups in total. The van der Waals surface area contributed by atoms with Crippen LogP contribution >= 0.6 is 0 Å². The van der Waals surface area contributed by atoms with Gasteiger partial charge in [-0.25, -0.2) is 0 Å². The molecular formula is C40H81NO3. The number of carbonyl (C=O) groups is 1. The van der Waals surface area contributed by atoms with Gasteiger partial charge in [0.15, 0.2) is 0 Å². The van der Waals surface area contributed by atoms with Gasteiger partial charge in [0.2, 0.25) is 5.91 Å². The molecule has 0 bridgehead atoms. The molecule has 4 nitrogen and oxygen atoms in total. The van der Waals surface area contributed by atoms with E-state index in [0.29, 0.717) is 12.8 Å². The lowest BCUT2D eigenvalue weighted by Gasteiger charge is -2.22. The highest BCUT2D eigenvalue weighted by atomic mass is 16.3. The van der Waals surface area contributed by atoms with Crippen molar-refractivity contribution >= 4 is 5.91 Å². The highest BCUT2D eigenvalue weighted by molar-refractivity contribution is 5.76. The number of aliphatic hydroxyl groups excluding tert-OH is 2. The van der Waals surface area contributed by atoms with Crippen molar-refractivity contribution < 1.29 is 15.0 Å². The normalized spacial score (nSPS) is 12.9. The van der Waals surface area contributed by atoms with Crippen molar-refractivity contribution in [3.8, 4) is 0 Å². The molecule has 2 unspecified atom stereocenters. The van der Waals surface area contributed by atoms with E-state index in [-0.39, 0.29) is 12.5 Å². The summed E-state index contributed by atoms with van der Waals surface area (Å²) in [7, 11) is 0. The molecule has 0 rings (SSSR count). The van der Waals surface area contributed by atoms with Gasteiger partial charge < -0.3 is 15.5 Å². The van der Waals surface area contributed by atoms with Crippen LogP contribution in [0.4, 0.5) is 0 Å². The molecule has 264 valence electrons. The number of hydrogen-bond donors (Lipinski definition) is 3. The van der Waals surface area contributed by atoms with Crippen molar-refractivity contribution in [1.29, 1.82) is 0 Å². The Morgan fingerprint density at radius 2 is 0.727 bits per heavy atom. The molecule has 0 aliphatic rings. The summed E-state index contributed by atoms with van der Waals surface area (Å²) < 4.78 is 0.